The summed E-state index contributed by atoms with van der Waals surface area (Å²) in [6, 6.07) is 17.4. The molecule has 3 rings (SSSR count). The van der Waals surface area contributed by atoms with Crippen LogP contribution in [0.15, 0.2) is 76.2 Å². The normalized spacial score (nSPS) is 10.9. The highest BCUT2D eigenvalue weighted by Gasteiger charge is 2.15. The molecule has 0 aliphatic rings. The summed E-state index contributed by atoms with van der Waals surface area (Å²) in [5.41, 5.74) is 1.20. The van der Waals surface area contributed by atoms with Crippen LogP contribution in [0.4, 0.5) is 5.69 Å². The second-order valence-electron chi connectivity index (χ2n) is 5.58. The third-order valence-corrected chi connectivity index (χ3v) is 5.11. The number of rotatable bonds is 6. The number of furan rings is 1. The van der Waals surface area contributed by atoms with Crippen molar-refractivity contribution in [2.45, 2.75) is 11.4 Å². The maximum absolute atomic E-state index is 12.3. The van der Waals surface area contributed by atoms with Crippen LogP contribution in [-0.4, -0.2) is 14.3 Å². The van der Waals surface area contributed by atoms with E-state index in [9.17, 15) is 13.2 Å². The van der Waals surface area contributed by atoms with Crippen molar-refractivity contribution in [3.8, 4) is 6.07 Å². The lowest BCUT2D eigenvalue weighted by atomic mass is 10.2. The van der Waals surface area contributed by atoms with Crippen LogP contribution in [-0.2, 0) is 16.6 Å². The van der Waals surface area contributed by atoms with E-state index in [0.717, 1.165) is 0 Å². The minimum atomic E-state index is -3.72. The van der Waals surface area contributed by atoms with E-state index < -0.39 is 15.9 Å². The summed E-state index contributed by atoms with van der Waals surface area (Å²) in [7, 11) is -3.72. The molecule has 0 aliphatic carbocycles. The van der Waals surface area contributed by atoms with E-state index in [4.69, 9.17) is 9.68 Å². The first-order valence-electron chi connectivity index (χ1n) is 7.91. The zero-order valence-corrected chi connectivity index (χ0v) is 14.9. The highest BCUT2D eigenvalue weighted by molar-refractivity contribution is 7.89. The van der Waals surface area contributed by atoms with Gasteiger partial charge in [0.2, 0.25) is 10.0 Å². The number of benzene rings is 2. The number of anilines is 1. The molecule has 0 bridgehead atoms. The summed E-state index contributed by atoms with van der Waals surface area (Å²) in [6.07, 6.45) is 1.46. The van der Waals surface area contributed by atoms with Crippen LogP contribution < -0.4 is 10.0 Å². The Balaban J connectivity index is 1.68. The zero-order valence-electron chi connectivity index (χ0n) is 14.0. The molecule has 0 saturated carbocycles. The van der Waals surface area contributed by atoms with Crippen molar-refractivity contribution < 1.29 is 17.6 Å². The molecule has 0 radical (unpaired) electrons. The smallest absolute Gasteiger partial charge is 0.255 e. The average Bonchev–Trinajstić information content (AvgIpc) is 3.20. The van der Waals surface area contributed by atoms with Crippen LogP contribution in [0.5, 0.6) is 0 Å². The topological polar surface area (TPSA) is 112 Å². The van der Waals surface area contributed by atoms with Crippen LogP contribution in [0.1, 0.15) is 21.7 Å². The summed E-state index contributed by atoms with van der Waals surface area (Å²) >= 11 is 0. The molecule has 7 nitrogen and oxygen atoms in total. The number of carbonyl (C=O) groups is 1. The Morgan fingerprint density at radius 2 is 1.85 bits per heavy atom. The zero-order chi connectivity index (χ0) is 19.3. The lowest BCUT2D eigenvalue weighted by molar-refractivity contribution is 0.102. The van der Waals surface area contributed by atoms with E-state index >= 15 is 0 Å². The standard InChI is InChI=1S/C19H15N3O4S/c20-12-14-3-1-4-16(11-14)22-19(23)15-6-8-18(9-7-15)27(24,25)21-13-17-5-2-10-26-17/h1-11,21H,13H2,(H,22,23). The first-order chi connectivity index (χ1) is 13.0. The number of nitriles is 1. The number of carbonyl (C=O) groups excluding carboxylic acids is 1. The summed E-state index contributed by atoms with van der Waals surface area (Å²) in [4.78, 5) is 12.3. The lowest BCUT2D eigenvalue weighted by Crippen LogP contribution is -2.23. The molecule has 3 aromatic rings. The van der Waals surface area contributed by atoms with Gasteiger partial charge in [0.1, 0.15) is 5.76 Å². The van der Waals surface area contributed by atoms with Gasteiger partial charge in [-0.3, -0.25) is 4.79 Å². The van der Waals surface area contributed by atoms with Crippen molar-refractivity contribution in [1.29, 1.82) is 5.26 Å². The van der Waals surface area contributed by atoms with Crippen LogP contribution in [0.3, 0.4) is 0 Å². The third kappa shape index (κ3) is 4.61. The van der Waals surface area contributed by atoms with Crippen molar-refractivity contribution in [2.75, 3.05) is 5.32 Å². The molecule has 2 aromatic carbocycles. The summed E-state index contributed by atoms with van der Waals surface area (Å²) < 4.78 is 32.1. The van der Waals surface area contributed by atoms with Gasteiger partial charge in [0.05, 0.1) is 29.3 Å². The van der Waals surface area contributed by atoms with Crippen molar-refractivity contribution >= 4 is 21.6 Å². The Hall–Kier alpha value is -3.41. The maximum atomic E-state index is 12.3. The first kappa shape index (κ1) is 18.4. The minimum Gasteiger partial charge on any atom is -0.468 e. The van der Waals surface area contributed by atoms with E-state index in [1.54, 1.807) is 36.4 Å². The Morgan fingerprint density at radius 1 is 1.07 bits per heavy atom. The molecule has 1 heterocycles. The SMILES string of the molecule is N#Cc1cccc(NC(=O)c2ccc(S(=O)(=O)NCc3ccco3)cc2)c1. The second kappa shape index (κ2) is 7.86. The van der Waals surface area contributed by atoms with E-state index in [-0.39, 0.29) is 11.4 Å². The van der Waals surface area contributed by atoms with Gasteiger partial charge in [-0.1, -0.05) is 6.07 Å². The highest BCUT2D eigenvalue weighted by Crippen LogP contribution is 2.15. The largest absolute Gasteiger partial charge is 0.468 e. The van der Waals surface area contributed by atoms with Gasteiger partial charge in [-0.15, -0.1) is 0 Å². The molecule has 0 atom stereocenters. The summed E-state index contributed by atoms with van der Waals surface area (Å²) in [5, 5.41) is 11.6. The van der Waals surface area contributed by atoms with Gasteiger partial charge in [0.25, 0.3) is 5.91 Å². The van der Waals surface area contributed by atoms with Crippen molar-refractivity contribution in [1.82, 2.24) is 4.72 Å². The van der Waals surface area contributed by atoms with Gasteiger partial charge in [-0.25, -0.2) is 13.1 Å². The molecule has 1 aromatic heterocycles. The number of nitrogens with zero attached hydrogens (tertiary/aromatic N) is 1. The third-order valence-electron chi connectivity index (χ3n) is 3.69. The van der Waals surface area contributed by atoms with Crippen LogP contribution in [0, 0.1) is 11.3 Å². The number of nitrogens with one attached hydrogen (secondary N) is 2. The maximum Gasteiger partial charge on any atom is 0.255 e. The van der Waals surface area contributed by atoms with Gasteiger partial charge in [0.15, 0.2) is 0 Å². The molecule has 0 aliphatic heterocycles. The van der Waals surface area contributed by atoms with Gasteiger partial charge >= 0.3 is 0 Å². The number of hydrogen-bond acceptors (Lipinski definition) is 5. The highest BCUT2D eigenvalue weighted by atomic mass is 32.2. The molecule has 0 unspecified atom stereocenters. The molecule has 8 heteroatoms. The first-order valence-corrected chi connectivity index (χ1v) is 9.40. The van der Waals surface area contributed by atoms with E-state index in [1.165, 1.54) is 30.5 Å². The quantitative estimate of drug-likeness (QED) is 0.682. The Labute approximate surface area is 156 Å². The molecule has 0 spiro atoms. The fourth-order valence-corrected chi connectivity index (χ4v) is 3.31. The van der Waals surface area contributed by atoms with Gasteiger partial charge in [-0.2, -0.15) is 5.26 Å². The van der Waals surface area contributed by atoms with Crippen molar-refractivity contribution in [3.05, 3.63) is 83.8 Å². The minimum absolute atomic E-state index is 0.0345. The fourth-order valence-electron chi connectivity index (χ4n) is 2.32. The molecule has 1 amide bonds. The predicted octanol–water partition coefficient (Wildman–Crippen LogP) is 2.88. The fraction of sp³-hybridized carbons (Fsp3) is 0.0526. The van der Waals surface area contributed by atoms with Gasteiger partial charge in [-0.05, 0) is 54.6 Å². The number of sulfonamides is 1. The second-order valence-corrected chi connectivity index (χ2v) is 7.34. The molecule has 2 N–H and O–H groups in total. The Kier molecular flexibility index (Phi) is 5.35. The number of amides is 1. The molecular weight excluding hydrogens is 366 g/mol. The van der Waals surface area contributed by atoms with Crippen LogP contribution >= 0.6 is 0 Å². The van der Waals surface area contributed by atoms with E-state index in [1.807, 2.05) is 6.07 Å². The van der Waals surface area contributed by atoms with Crippen LogP contribution in [0.25, 0.3) is 0 Å². The average molecular weight is 381 g/mol. The number of hydrogen-bond donors (Lipinski definition) is 2. The molecule has 0 fully saturated rings. The molecule has 0 saturated heterocycles. The van der Waals surface area contributed by atoms with Gasteiger partial charge < -0.3 is 9.73 Å². The molecule has 136 valence electrons. The Morgan fingerprint density at radius 3 is 2.52 bits per heavy atom. The lowest BCUT2D eigenvalue weighted by Gasteiger charge is -2.08. The van der Waals surface area contributed by atoms with Crippen molar-refractivity contribution in [2.24, 2.45) is 0 Å². The van der Waals surface area contributed by atoms with Crippen molar-refractivity contribution in [3.63, 3.8) is 0 Å². The molecule has 27 heavy (non-hydrogen) atoms. The molecular formula is C19H15N3O4S. The van der Waals surface area contributed by atoms with E-state index in [2.05, 4.69) is 10.0 Å². The summed E-state index contributed by atoms with van der Waals surface area (Å²) in [5.74, 6) is 0.0896. The van der Waals surface area contributed by atoms with E-state index in [0.29, 0.717) is 22.6 Å². The van der Waals surface area contributed by atoms with Gasteiger partial charge in [0, 0.05) is 11.3 Å². The predicted molar refractivity (Wildman–Crippen MR) is 98.3 cm³/mol. The van der Waals surface area contributed by atoms with Crippen LogP contribution in [0.2, 0.25) is 0 Å². The monoisotopic (exact) mass is 381 g/mol. The Bertz CT molecular complexity index is 1080. The summed E-state index contributed by atoms with van der Waals surface area (Å²) in [6.45, 7) is 0.0345.